The van der Waals surface area contributed by atoms with E-state index in [1.54, 1.807) is 7.11 Å². The number of rotatable bonds is 6. The maximum absolute atomic E-state index is 11.6. The number of carbonyl (C=O) groups excluding carboxylic acids is 1. The smallest absolute Gasteiger partial charge is 0.220 e. The lowest BCUT2D eigenvalue weighted by molar-refractivity contribution is -0.123. The Balaban J connectivity index is 2.18. The molecule has 1 unspecified atom stereocenters. The van der Waals surface area contributed by atoms with E-state index in [4.69, 9.17) is 4.74 Å². The van der Waals surface area contributed by atoms with E-state index in [-0.39, 0.29) is 12.0 Å². The highest BCUT2D eigenvalue weighted by Gasteiger charge is 2.29. The zero-order valence-corrected chi connectivity index (χ0v) is 11.0. The molecule has 1 saturated carbocycles. The quantitative estimate of drug-likeness (QED) is 0.745. The van der Waals surface area contributed by atoms with Gasteiger partial charge < -0.3 is 15.2 Å². The number of aliphatic hydroxyl groups is 1. The lowest BCUT2D eigenvalue weighted by Crippen LogP contribution is -2.44. The third kappa shape index (κ3) is 5.50. The number of ether oxygens (including phenoxy) is 1. The van der Waals surface area contributed by atoms with Crippen LogP contribution in [0.1, 0.15) is 51.9 Å². The van der Waals surface area contributed by atoms with Crippen molar-refractivity contribution in [2.24, 2.45) is 0 Å². The Morgan fingerprint density at radius 2 is 2.06 bits per heavy atom. The molecular weight excluding hydrogens is 218 g/mol. The van der Waals surface area contributed by atoms with Gasteiger partial charge in [-0.15, -0.1) is 0 Å². The summed E-state index contributed by atoms with van der Waals surface area (Å²) >= 11 is 0. The summed E-state index contributed by atoms with van der Waals surface area (Å²) in [6.07, 6.45) is 6.23. The summed E-state index contributed by atoms with van der Waals surface area (Å²) < 4.78 is 5.09. The number of hydrogen-bond acceptors (Lipinski definition) is 3. The van der Waals surface area contributed by atoms with Gasteiger partial charge in [0.05, 0.1) is 11.7 Å². The second-order valence-corrected chi connectivity index (χ2v) is 5.15. The Hall–Kier alpha value is -0.610. The maximum Gasteiger partial charge on any atom is 0.220 e. The molecule has 0 aliphatic heterocycles. The summed E-state index contributed by atoms with van der Waals surface area (Å²) in [4.78, 5) is 11.6. The molecule has 1 aliphatic rings. The van der Waals surface area contributed by atoms with Crippen molar-refractivity contribution in [1.82, 2.24) is 5.32 Å². The Morgan fingerprint density at radius 1 is 1.41 bits per heavy atom. The minimum atomic E-state index is -0.666. The predicted molar refractivity (Wildman–Crippen MR) is 66.7 cm³/mol. The van der Waals surface area contributed by atoms with Gasteiger partial charge in [-0.25, -0.2) is 0 Å². The van der Waals surface area contributed by atoms with Gasteiger partial charge in [-0.2, -0.15) is 0 Å². The number of methoxy groups -OCH3 is 1. The first kappa shape index (κ1) is 14.5. The topological polar surface area (TPSA) is 58.6 Å². The Bertz CT molecular complexity index is 237. The van der Waals surface area contributed by atoms with Crippen LogP contribution >= 0.6 is 0 Å². The number of amides is 1. The van der Waals surface area contributed by atoms with Crippen LogP contribution in [0, 0.1) is 0 Å². The third-order valence-electron chi connectivity index (χ3n) is 3.58. The van der Waals surface area contributed by atoms with Gasteiger partial charge in [-0.1, -0.05) is 19.3 Å². The van der Waals surface area contributed by atoms with Gasteiger partial charge in [0, 0.05) is 20.1 Å². The van der Waals surface area contributed by atoms with E-state index in [1.165, 1.54) is 6.42 Å². The molecule has 1 aliphatic carbocycles. The molecule has 100 valence electrons. The lowest BCUT2D eigenvalue weighted by atomic mass is 9.85. The molecule has 0 spiro atoms. The van der Waals surface area contributed by atoms with E-state index in [0.29, 0.717) is 13.0 Å². The van der Waals surface area contributed by atoms with Crippen molar-refractivity contribution in [3.05, 3.63) is 0 Å². The summed E-state index contributed by atoms with van der Waals surface area (Å²) in [5.74, 6) is 0.00731. The van der Waals surface area contributed by atoms with Gasteiger partial charge in [0.2, 0.25) is 5.91 Å². The van der Waals surface area contributed by atoms with Gasteiger partial charge in [0.15, 0.2) is 0 Å². The highest BCUT2D eigenvalue weighted by Crippen LogP contribution is 2.27. The summed E-state index contributed by atoms with van der Waals surface area (Å²) in [6.45, 7) is 2.34. The second-order valence-electron chi connectivity index (χ2n) is 5.15. The van der Waals surface area contributed by atoms with Crippen molar-refractivity contribution in [1.29, 1.82) is 0 Å². The van der Waals surface area contributed by atoms with Gasteiger partial charge >= 0.3 is 0 Å². The molecule has 1 rings (SSSR count). The van der Waals surface area contributed by atoms with Gasteiger partial charge in [0.25, 0.3) is 0 Å². The van der Waals surface area contributed by atoms with Crippen LogP contribution in [-0.4, -0.2) is 36.4 Å². The minimum absolute atomic E-state index is 0.00731. The van der Waals surface area contributed by atoms with Crippen molar-refractivity contribution in [3.8, 4) is 0 Å². The van der Waals surface area contributed by atoms with E-state index in [1.807, 2.05) is 6.92 Å². The molecule has 4 nitrogen and oxygen atoms in total. The molecule has 0 aromatic carbocycles. The van der Waals surface area contributed by atoms with E-state index in [0.717, 1.165) is 32.1 Å². The van der Waals surface area contributed by atoms with Crippen LogP contribution in [-0.2, 0) is 9.53 Å². The fraction of sp³-hybridized carbons (Fsp3) is 0.923. The molecule has 0 aromatic rings. The molecule has 1 fully saturated rings. The fourth-order valence-corrected chi connectivity index (χ4v) is 2.19. The summed E-state index contributed by atoms with van der Waals surface area (Å²) in [7, 11) is 1.65. The van der Waals surface area contributed by atoms with Crippen LogP contribution in [0.5, 0.6) is 0 Å². The van der Waals surface area contributed by atoms with Crippen molar-refractivity contribution >= 4 is 5.91 Å². The molecular formula is C13H25NO3. The van der Waals surface area contributed by atoms with E-state index in [9.17, 15) is 9.90 Å². The zero-order chi connectivity index (χ0) is 12.7. The SMILES string of the molecule is COC(C)CCC(=O)NCC1(O)CCCCC1. The zero-order valence-electron chi connectivity index (χ0n) is 11.0. The van der Waals surface area contributed by atoms with Gasteiger partial charge in [-0.3, -0.25) is 4.79 Å². The molecule has 0 saturated heterocycles. The van der Waals surface area contributed by atoms with Gasteiger partial charge in [0.1, 0.15) is 0 Å². The monoisotopic (exact) mass is 243 g/mol. The Labute approximate surface area is 104 Å². The Morgan fingerprint density at radius 3 is 2.65 bits per heavy atom. The van der Waals surface area contributed by atoms with Crippen molar-refractivity contribution in [2.75, 3.05) is 13.7 Å². The van der Waals surface area contributed by atoms with Crippen LogP contribution in [0.15, 0.2) is 0 Å². The predicted octanol–water partition coefficient (Wildman–Crippen LogP) is 1.61. The molecule has 0 aromatic heterocycles. The first-order valence-electron chi connectivity index (χ1n) is 6.58. The molecule has 4 heteroatoms. The average molecular weight is 243 g/mol. The molecule has 2 N–H and O–H groups in total. The summed E-state index contributed by atoms with van der Waals surface area (Å²) in [5.41, 5.74) is -0.666. The minimum Gasteiger partial charge on any atom is -0.388 e. The summed E-state index contributed by atoms with van der Waals surface area (Å²) in [5, 5.41) is 13.0. The van der Waals surface area contributed by atoms with Crippen LogP contribution in [0.4, 0.5) is 0 Å². The largest absolute Gasteiger partial charge is 0.388 e. The molecule has 1 atom stereocenters. The lowest BCUT2D eigenvalue weighted by Gasteiger charge is -2.32. The fourth-order valence-electron chi connectivity index (χ4n) is 2.19. The first-order valence-corrected chi connectivity index (χ1v) is 6.58. The summed E-state index contributed by atoms with van der Waals surface area (Å²) in [6, 6.07) is 0. The highest BCUT2D eigenvalue weighted by molar-refractivity contribution is 5.75. The third-order valence-corrected chi connectivity index (χ3v) is 3.58. The van der Waals surface area contributed by atoms with Crippen LogP contribution in [0.25, 0.3) is 0 Å². The van der Waals surface area contributed by atoms with Gasteiger partial charge in [-0.05, 0) is 26.2 Å². The van der Waals surface area contributed by atoms with Crippen molar-refractivity contribution in [2.45, 2.75) is 63.6 Å². The number of hydrogen-bond donors (Lipinski definition) is 2. The van der Waals surface area contributed by atoms with Crippen LogP contribution in [0.2, 0.25) is 0 Å². The number of nitrogens with one attached hydrogen (secondary N) is 1. The van der Waals surface area contributed by atoms with Crippen LogP contribution < -0.4 is 5.32 Å². The normalized spacial score (nSPS) is 20.9. The highest BCUT2D eigenvalue weighted by atomic mass is 16.5. The van der Waals surface area contributed by atoms with Crippen molar-refractivity contribution in [3.63, 3.8) is 0 Å². The Kier molecular flexibility index (Phi) is 5.92. The molecule has 0 heterocycles. The first-order chi connectivity index (χ1) is 8.06. The molecule has 0 bridgehead atoms. The standard InChI is InChI=1S/C13H25NO3/c1-11(17-2)6-7-12(15)14-10-13(16)8-4-3-5-9-13/h11,16H,3-10H2,1-2H3,(H,14,15). The molecule has 1 amide bonds. The molecule has 17 heavy (non-hydrogen) atoms. The second kappa shape index (κ2) is 6.97. The van der Waals surface area contributed by atoms with E-state index < -0.39 is 5.60 Å². The maximum atomic E-state index is 11.6. The van der Waals surface area contributed by atoms with Crippen LogP contribution in [0.3, 0.4) is 0 Å². The van der Waals surface area contributed by atoms with E-state index >= 15 is 0 Å². The number of carbonyl (C=O) groups is 1. The van der Waals surface area contributed by atoms with E-state index in [2.05, 4.69) is 5.32 Å². The van der Waals surface area contributed by atoms with Crippen molar-refractivity contribution < 1.29 is 14.6 Å². The average Bonchev–Trinajstić information content (AvgIpc) is 2.34. The molecule has 0 radical (unpaired) electrons.